The Labute approximate surface area is 124 Å². The van der Waals surface area contributed by atoms with E-state index in [4.69, 9.17) is 10.5 Å². The van der Waals surface area contributed by atoms with Crippen LogP contribution in [0.4, 0.5) is 21.5 Å². The van der Waals surface area contributed by atoms with Gasteiger partial charge in [0.15, 0.2) is 11.6 Å². The molecule has 3 N–H and O–H groups in total. The molecule has 0 fully saturated rings. The van der Waals surface area contributed by atoms with Crippen LogP contribution in [0, 0.1) is 5.82 Å². The van der Waals surface area contributed by atoms with Crippen LogP contribution in [0.2, 0.25) is 0 Å². The number of methoxy groups -OCH3 is 1. The molecule has 0 saturated heterocycles. The van der Waals surface area contributed by atoms with E-state index >= 15 is 0 Å². The van der Waals surface area contributed by atoms with E-state index in [1.165, 1.54) is 31.6 Å². The van der Waals surface area contributed by atoms with Crippen LogP contribution in [0.3, 0.4) is 0 Å². The SMILES string of the molecule is CCCCc1ccc(Nc2cc(OC)c(F)cc2N)cc1. The van der Waals surface area contributed by atoms with Gasteiger partial charge in [-0.25, -0.2) is 4.39 Å². The Morgan fingerprint density at radius 2 is 1.90 bits per heavy atom. The minimum absolute atomic E-state index is 0.172. The molecule has 2 aromatic rings. The number of rotatable bonds is 6. The topological polar surface area (TPSA) is 47.3 Å². The van der Waals surface area contributed by atoms with Crippen molar-refractivity contribution in [2.24, 2.45) is 0 Å². The second-order valence-corrected chi connectivity index (χ2v) is 5.00. The summed E-state index contributed by atoms with van der Waals surface area (Å²) in [4.78, 5) is 0. The fourth-order valence-electron chi connectivity index (χ4n) is 2.12. The highest BCUT2D eigenvalue weighted by Gasteiger charge is 2.08. The molecule has 0 aliphatic carbocycles. The molecular weight excluding hydrogens is 267 g/mol. The van der Waals surface area contributed by atoms with Gasteiger partial charge < -0.3 is 15.8 Å². The Hall–Kier alpha value is -2.23. The lowest BCUT2D eigenvalue weighted by molar-refractivity contribution is 0.387. The van der Waals surface area contributed by atoms with Gasteiger partial charge >= 0.3 is 0 Å². The number of nitrogens with two attached hydrogens (primary N) is 1. The molecule has 4 heteroatoms. The summed E-state index contributed by atoms with van der Waals surface area (Å²) in [5.41, 5.74) is 9.04. The number of unbranched alkanes of at least 4 members (excludes halogenated alkanes) is 1. The average Bonchev–Trinajstić information content (AvgIpc) is 2.49. The Kier molecular flexibility index (Phi) is 5.04. The predicted octanol–water partition coefficient (Wildman–Crippen LogP) is 4.50. The Morgan fingerprint density at radius 1 is 1.19 bits per heavy atom. The van der Waals surface area contributed by atoms with Crippen molar-refractivity contribution in [3.63, 3.8) is 0 Å². The Morgan fingerprint density at radius 3 is 2.52 bits per heavy atom. The minimum Gasteiger partial charge on any atom is -0.494 e. The summed E-state index contributed by atoms with van der Waals surface area (Å²) < 4.78 is 18.5. The molecule has 0 bridgehead atoms. The van der Waals surface area contributed by atoms with Gasteiger partial charge in [-0.2, -0.15) is 0 Å². The van der Waals surface area contributed by atoms with Gasteiger partial charge in [-0.3, -0.25) is 0 Å². The first kappa shape index (κ1) is 15.2. The standard InChI is InChI=1S/C17H21FN2O/c1-3-4-5-12-6-8-13(9-7-12)20-16-11-17(21-2)14(18)10-15(16)19/h6-11,20H,3-5,19H2,1-2H3. The number of aryl methyl sites for hydroxylation is 1. The highest BCUT2D eigenvalue weighted by atomic mass is 19.1. The van der Waals surface area contributed by atoms with Crippen molar-refractivity contribution in [1.82, 2.24) is 0 Å². The van der Waals surface area contributed by atoms with Gasteiger partial charge in [-0.1, -0.05) is 25.5 Å². The second kappa shape index (κ2) is 6.97. The third-order valence-corrected chi connectivity index (χ3v) is 3.38. The van der Waals surface area contributed by atoms with Crippen LogP contribution in [-0.4, -0.2) is 7.11 Å². The van der Waals surface area contributed by atoms with Gasteiger partial charge in [-0.05, 0) is 30.5 Å². The number of hydrogen-bond acceptors (Lipinski definition) is 3. The van der Waals surface area contributed by atoms with Crippen LogP contribution >= 0.6 is 0 Å². The normalized spacial score (nSPS) is 10.4. The second-order valence-electron chi connectivity index (χ2n) is 5.00. The number of ether oxygens (including phenoxy) is 1. The van der Waals surface area contributed by atoms with Gasteiger partial charge in [0.2, 0.25) is 0 Å². The van der Waals surface area contributed by atoms with E-state index in [-0.39, 0.29) is 5.75 Å². The van der Waals surface area contributed by atoms with Crippen molar-refractivity contribution >= 4 is 17.1 Å². The van der Waals surface area contributed by atoms with Gasteiger partial charge in [0.05, 0.1) is 18.5 Å². The first-order valence-electron chi connectivity index (χ1n) is 7.13. The van der Waals surface area contributed by atoms with E-state index in [0.717, 1.165) is 12.1 Å². The van der Waals surface area contributed by atoms with Crippen LogP contribution < -0.4 is 15.8 Å². The lowest BCUT2D eigenvalue weighted by atomic mass is 10.1. The molecule has 0 aliphatic heterocycles. The molecular formula is C17H21FN2O. The summed E-state index contributed by atoms with van der Waals surface area (Å²) in [6.07, 6.45) is 3.46. The van der Waals surface area contributed by atoms with E-state index in [2.05, 4.69) is 24.4 Å². The number of anilines is 3. The quantitative estimate of drug-likeness (QED) is 0.769. The van der Waals surface area contributed by atoms with E-state index in [0.29, 0.717) is 11.4 Å². The molecule has 0 aliphatic rings. The third kappa shape index (κ3) is 3.88. The van der Waals surface area contributed by atoms with Crippen molar-refractivity contribution in [2.75, 3.05) is 18.2 Å². The molecule has 0 atom stereocenters. The van der Waals surface area contributed by atoms with E-state index in [1.54, 1.807) is 6.07 Å². The molecule has 0 amide bonds. The highest BCUT2D eigenvalue weighted by Crippen LogP contribution is 2.30. The summed E-state index contributed by atoms with van der Waals surface area (Å²) >= 11 is 0. The maximum Gasteiger partial charge on any atom is 0.167 e. The Bertz CT molecular complexity index is 596. The third-order valence-electron chi connectivity index (χ3n) is 3.38. The summed E-state index contributed by atoms with van der Waals surface area (Å²) in [5.74, 6) is -0.290. The monoisotopic (exact) mass is 288 g/mol. The molecule has 21 heavy (non-hydrogen) atoms. The molecule has 2 aromatic carbocycles. The van der Waals surface area contributed by atoms with Crippen molar-refractivity contribution in [2.45, 2.75) is 26.2 Å². The maximum atomic E-state index is 13.5. The zero-order valence-electron chi connectivity index (χ0n) is 12.4. The summed E-state index contributed by atoms with van der Waals surface area (Å²) in [5, 5.41) is 3.19. The minimum atomic E-state index is -0.463. The van der Waals surface area contributed by atoms with Crippen molar-refractivity contribution in [3.05, 3.63) is 47.8 Å². The van der Waals surface area contributed by atoms with Gasteiger partial charge in [0.25, 0.3) is 0 Å². The first-order valence-corrected chi connectivity index (χ1v) is 7.13. The average molecular weight is 288 g/mol. The molecule has 3 nitrogen and oxygen atoms in total. The van der Waals surface area contributed by atoms with Crippen LogP contribution in [-0.2, 0) is 6.42 Å². The smallest absolute Gasteiger partial charge is 0.167 e. The number of halogens is 1. The largest absolute Gasteiger partial charge is 0.494 e. The highest BCUT2D eigenvalue weighted by molar-refractivity contribution is 5.74. The molecule has 0 spiro atoms. The van der Waals surface area contributed by atoms with Crippen LogP contribution in [0.15, 0.2) is 36.4 Å². The van der Waals surface area contributed by atoms with Gasteiger partial charge in [-0.15, -0.1) is 0 Å². The van der Waals surface area contributed by atoms with Crippen molar-refractivity contribution < 1.29 is 9.13 Å². The molecule has 0 aromatic heterocycles. The summed E-state index contributed by atoms with van der Waals surface area (Å²) in [6, 6.07) is 11.0. The number of nitrogens with one attached hydrogen (secondary N) is 1. The molecule has 0 heterocycles. The maximum absolute atomic E-state index is 13.5. The molecule has 0 radical (unpaired) electrons. The molecule has 2 rings (SSSR count). The molecule has 0 unspecified atom stereocenters. The summed E-state index contributed by atoms with van der Waals surface area (Å²) in [6.45, 7) is 2.18. The Balaban J connectivity index is 2.14. The van der Waals surface area contributed by atoms with Crippen molar-refractivity contribution in [3.8, 4) is 5.75 Å². The zero-order valence-corrected chi connectivity index (χ0v) is 12.4. The van der Waals surface area contributed by atoms with Crippen LogP contribution in [0.1, 0.15) is 25.3 Å². The number of nitrogen functional groups attached to an aromatic ring is 1. The summed E-state index contributed by atoms with van der Waals surface area (Å²) in [7, 11) is 1.43. The fraction of sp³-hybridized carbons (Fsp3) is 0.294. The molecule has 112 valence electrons. The van der Waals surface area contributed by atoms with Gasteiger partial charge in [0.1, 0.15) is 0 Å². The lowest BCUT2D eigenvalue weighted by Gasteiger charge is -2.12. The number of hydrogen-bond donors (Lipinski definition) is 2. The van der Waals surface area contributed by atoms with E-state index in [1.807, 2.05) is 12.1 Å². The fourth-order valence-corrected chi connectivity index (χ4v) is 2.12. The number of benzene rings is 2. The predicted molar refractivity (Wildman–Crippen MR) is 85.7 cm³/mol. The zero-order chi connectivity index (χ0) is 15.2. The lowest BCUT2D eigenvalue weighted by Crippen LogP contribution is -1.99. The molecule has 0 saturated carbocycles. The van der Waals surface area contributed by atoms with Crippen LogP contribution in [0.5, 0.6) is 5.75 Å². The van der Waals surface area contributed by atoms with E-state index in [9.17, 15) is 4.39 Å². The van der Waals surface area contributed by atoms with Crippen LogP contribution in [0.25, 0.3) is 0 Å². The van der Waals surface area contributed by atoms with Gasteiger partial charge in [0, 0.05) is 17.8 Å². The van der Waals surface area contributed by atoms with E-state index < -0.39 is 5.82 Å². The first-order chi connectivity index (χ1) is 10.1. The van der Waals surface area contributed by atoms with Crippen molar-refractivity contribution in [1.29, 1.82) is 0 Å².